The Morgan fingerprint density at radius 3 is 2.55 bits per heavy atom. The lowest BCUT2D eigenvalue weighted by Gasteiger charge is -2.12. The van der Waals surface area contributed by atoms with Crippen molar-refractivity contribution in [1.29, 1.82) is 0 Å². The van der Waals surface area contributed by atoms with E-state index >= 15 is 0 Å². The maximum absolute atomic E-state index is 11.2. The van der Waals surface area contributed by atoms with Crippen LogP contribution in [0.3, 0.4) is 0 Å². The standard InChI is InChI=1S/C15H14O5/c1-19-11-6-7-12(15(17)18)14(8-11)20-13-5-3-2-4-10(13)9-16/h2-8,16H,9H2,1H3,(H,17,18). The molecule has 0 bridgehead atoms. The topological polar surface area (TPSA) is 76.0 Å². The molecule has 104 valence electrons. The number of rotatable bonds is 5. The first-order chi connectivity index (χ1) is 9.65. The van der Waals surface area contributed by atoms with Gasteiger partial charge in [-0.25, -0.2) is 4.79 Å². The number of carboxylic acids is 1. The van der Waals surface area contributed by atoms with Crippen molar-refractivity contribution < 1.29 is 24.5 Å². The minimum Gasteiger partial charge on any atom is -0.497 e. The van der Waals surface area contributed by atoms with E-state index in [4.69, 9.17) is 14.6 Å². The van der Waals surface area contributed by atoms with E-state index in [9.17, 15) is 9.90 Å². The van der Waals surface area contributed by atoms with Crippen molar-refractivity contribution in [3.63, 3.8) is 0 Å². The summed E-state index contributed by atoms with van der Waals surface area (Å²) in [5.74, 6) is -0.0286. The van der Waals surface area contributed by atoms with Crippen LogP contribution in [-0.2, 0) is 6.61 Å². The van der Waals surface area contributed by atoms with Gasteiger partial charge in [0.25, 0.3) is 0 Å². The average Bonchev–Trinajstić information content (AvgIpc) is 2.47. The van der Waals surface area contributed by atoms with Gasteiger partial charge in [-0.15, -0.1) is 0 Å². The fourth-order valence-electron chi connectivity index (χ4n) is 1.74. The molecule has 0 aliphatic rings. The summed E-state index contributed by atoms with van der Waals surface area (Å²) >= 11 is 0. The number of para-hydroxylation sites is 1. The largest absolute Gasteiger partial charge is 0.497 e. The molecule has 0 aliphatic carbocycles. The first-order valence-electron chi connectivity index (χ1n) is 5.93. The molecular weight excluding hydrogens is 260 g/mol. The van der Waals surface area contributed by atoms with Crippen LogP contribution < -0.4 is 9.47 Å². The number of aliphatic hydroxyl groups excluding tert-OH is 1. The van der Waals surface area contributed by atoms with E-state index in [1.807, 2.05) is 0 Å². The van der Waals surface area contributed by atoms with Crippen LogP contribution in [0.5, 0.6) is 17.2 Å². The minimum absolute atomic E-state index is 0.0264. The maximum Gasteiger partial charge on any atom is 0.339 e. The van der Waals surface area contributed by atoms with E-state index in [1.54, 1.807) is 30.3 Å². The molecule has 5 heteroatoms. The van der Waals surface area contributed by atoms with Crippen molar-refractivity contribution >= 4 is 5.97 Å². The molecule has 0 saturated carbocycles. The van der Waals surface area contributed by atoms with Crippen LogP contribution >= 0.6 is 0 Å². The summed E-state index contributed by atoms with van der Waals surface area (Å²) in [7, 11) is 1.49. The molecule has 0 fully saturated rings. The molecule has 0 aromatic heterocycles. The quantitative estimate of drug-likeness (QED) is 0.876. The third-order valence-electron chi connectivity index (χ3n) is 2.78. The number of ether oxygens (including phenoxy) is 2. The number of aliphatic hydroxyl groups is 1. The van der Waals surface area contributed by atoms with Gasteiger partial charge in [0.15, 0.2) is 0 Å². The van der Waals surface area contributed by atoms with Gasteiger partial charge >= 0.3 is 5.97 Å². The van der Waals surface area contributed by atoms with Crippen LogP contribution in [0.4, 0.5) is 0 Å². The fraction of sp³-hybridized carbons (Fsp3) is 0.133. The molecule has 0 spiro atoms. The predicted octanol–water partition coefficient (Wildman–Crippen LogP) is 2.68. The number of carbonyl (C=O) groups is 1. The highest BCUT2D eigenvalue weighted by Crippen LogP contribution is 2.31. The van der Waals surface area contributed by atoms with Crippen LogP contribution in [0.2, 0.25) is 0 Å². The van der Waals surface area contributed by atoms with Crippen molar-refractivity contribution in [3.8, 4) is 17.2 Å². The van der Waals surface area contributed by atoms with Gasteiger partial charge < -0.3 is 19.7 Å². The van der Waals surface area contributed by atoms with Gasteiger partial charge in [-0.2, -0.15) is 0 Å². The molecule has 0 saturated heterocycles. The Hall–Kier alpha value is -2.53. The Kier molecular flexibility index (Phi) is 4.22. The first-order valence-corrected chi connectivity index (χ1v) is 5.93. The Balaban J connectivity index is 2.43. The first kappa shape index (κ1) is 13.9. The molecular formula is C15H14O5. The van der Waals surface area contributed by atoms with Crippen LogP contribution in [0.1, 0.15) is 15.9 Å². The molecule has 0 atom stereocenters. The number of methoxy groups -OCH3 is 1. The Bertz CT molecular complexity index is 621. The lowest BCUT2D eigenvalue weighted by molar-refractivity contribution is 0.0694. The molecule has 2 aromatic carbocycles. The number of carboxylic acid groups (broad SMARTS) is 1. The molecule has 0 aliphatic heterocycles. The van der Waals surface area contributed by atoms with Crippen molar-refractivity contribution in [2.45, 2.75) is 6.61 Å². The Morgan fingerprint density at radius 1 is 1.15 bits per heavy atom. The van der Waals surface area contributed by atoms with Crippen LogP contribution in [0.15, 0.2) is 42.5 Å². The van der Waals surface area contributed by atoms with Crippen LogP contribution in [0.25, 0.3) is 0 Å². The van der Waals surface area contributed by atoms with E-state index in [2.05, 4.69) is 0 Å². The summed E-state index contributed by atoms with van der Waals surface area (Å²) in [5.41, 5.74) is 0.602. The Morgan fingerprint density at radius 2 is 1.90 bits per heavy atom. The van der Waals surface area contributed by atoms with E-state index in [0.29, 0.717) is 17.1 Å². The molecule has 2 aromatic rings. The third kappa shape index (κ3) is 2.89. The molecule has 5 nitrogen and oxygen atoms in total. The second-order valence-electron chi connectivity index (χ2n) is 4.04. The molecule has 0 heterocycles. The normalized spacial score (nSPS) is 10.1. The maximum atomic E-state index is 11.2. The second kappa shape index (κ2) is 6.08. The van der Waals surface area contributed by atoms with Crippen molar-refractivity contribution in [2.24, 2.45) is 0 Å². The number of hydrogen-bond donors (Lipinski definition) is 2. The molecule has 20 heavy (non-hydrogen) atoms. The highest BCUT2D eigenvalue weighted by atomic mass is 16.5. The van der Waals surface area contributed by atoms with Gasteiger partial charge in [-0.3, -0.25) is 0 Å². The van der Waals surface area contributed by atoms with Gasteiger partial charge in [-0.05, 0) is 18.2 Å². The number of aromatic carboxylic acids is 1. The molecule has 0 amide bonds. The number of hydrogen-bond acceptors (Lipinski definition) is 4. The lowest BCUT2D eigenvalue weighted by atomic mass is 10.1. The minimum atomic E-state index is -1.09. The van der Waals surface area contributed by atoms with E-state index < -0.39 is 5.97 Å². The van der Waals surface area contributed by atoms with E-state index in [-0.39, 0.29) is 17.9 Å². The third-order valence-corrected chi connectivity index (χ3v) is 2.78. The molecule has 0 unspecified atom stereocenters. The van der Waals surface area contributed by atoms with Crippen molar-refractivity contribution in [1.82, 2.24) is 0 Å². The second-order valence-corrected chi connectivity index (χ2v) is 4.04. The van der Waals surface area contributed by atoms with E-state index in [1.165, 1.54) is 19.2 Å². The van der Waals surface area contributed by atoms with Crippen LogP contribution in [0, 0.1) is 0 Å². The monoisotopic (exact) mass is 274 g/mol. The predicted molar refractivity (Wildman–Crippen MR) is 72.4 cm³/mol. The highest BCUT2D eigenvalue weighted by molar-refractivity contribution is 5.91. The highest BCUT2D eigenvalue weighted by Gasteiger charge is 2.14. The van der Waals surface area contributed by atoms with E-state index in [0.717, 1.165) is 0 Å². The van der Waals surface area contributed by atoms with Crippen LogP contribution in [-0.4, -0.2) is 23.3 Å². The summed E-state index contributed by atoms with van der Waals surface area (Å²) in [6.45, 7) is -0.192. The lowest BCUT2D eigenvalue weighted by Crippen LogP contribution is -2.01. The van der Waals surface area contributed by atoms with Gasteiger partial charge in [0.1, 0.15) is 22.8 Å². The van der Waals surface area contributed by atoms with Gasteiger partial charge in [0.05, 0.1) is 13.7 Å². The van der Waals surface area contributed by atoms with Crippen molar-refractivity contribution in [2.75, 3.05) is 7.11 Å². The average molecular weight is 274 g/mol. The van der Waals surface area contributed by atoms with Crippen molar-refractivity contribution in [3.05, 3.63) is 53.6 Å². The summed E-state index contributed by atoms with van der Waals surface area (Å²) in [5, 5.41) is 18.4. The van der Waals surface area contributed by atoms with Gasteiger partial charge in [0.2, 0.25) is 0 Å². The summed E-state index contributed by atoms with van der Waals surface area (Å²) in [6, 6.07) is 11.3. The van der Waals surface area contributed by atoms with Gasteiger partial charge in [-0.1, -0.05) is 18.2 Å². The smallest absolute Gasteiger partial charge is 0.339 e. The zero-order chi connectivity index (χ0) is 14.5. The summed E-state index contributed by atoms with van der Waals surface area (Å²) in [4.78, 5) is 11.2. The number of benzene rings is 2. The van der Waals surface area contributed by atoms with Gasteiger partial charge in [0, 0.05) is 11.6 Å². The summed E-state index contributed by atoms with van der Waals surface area (Å²) < 4.78 is 10.7. The molecule has 2 rings (SSSR count). The zero-order valence-electron chi connectivity index (χ0n) is 10.9. The Labute approximate surface area is 116 Å². The molecule has 2 N–H and O–H groups in total. The molecule has 0 radical (unpaired) electrons. The zero-order valence-corrected chi connectivity index (χ0v) is 10.9. The fourth-order valence-corrected chi connectivity index (χ4v) is 1.74. The SMILES string of the molecule is COc1ccc(C(=O)O)c(Oc2ccccc2CO)c1. The summed E-state index contributed by atoms with van der Waals surface area (Å²) in [6.07, 6.45) is 0.